The van der Waals surface area contributed by atoms with E-state index in [2.05, 4.69) is 15.9 Å². The van der Waals surface area contributed by atoms with Gasteiger partial charge in [0.15, 0.2) is 0 Å². The fourth-order valence-electron chi connectivity index (χ4n) is 2.10. The quantitative estimate of drug-likeness (QED) is 0.899. The Bertz CT molecular complexity index is 626. The molecule has 2 aromatic carbocycles. The Morgan fingerprint density at radius 1 is 1.19 bits per heavy atom. The molecular formula is C17H18BrNO2. The number of carbonyl (C=O) groups excluding carboxylic acids is 1. The molecule has 0 aliphatic carbocycles. The third-order valence-electron chi connectivity index (χ3n) is 3.27. The SMILES string of the molecule is CC(C)N(Cc1ccccc1)C(=O)c1cc(Br)ccc1O. The fourth-order valence-corrected chi connectivity index (χ4v) is 2.46. The van der Waals surface area contributed by atoms with E-state index >= 15 is 0 Å². The summed E-state index contributed by atoms with van der Waals surface area (Å²) in [5.41, 5.74) is 1.38. The summed E-state index contributed by atoms with van der Waals surface area (Å²) < 4.78 is 0.770. The first-order chi connectivity index (χ1) is 9.99. The van der Waals surface area contributed by atoms with Gasteiger partial charge in [0, 0.05) is 17.1 Å². The first-order valence-electron chi connectivity index (χ1n) is 6.82. The van der Waals surface area contributed by atoms with Crippen molar-refractivity contribution in [1.29, 1.82) is 0 Å². The van der Waals surface area contributed by atoms with Crippen molar-refractivity contribution in [3.8, 4) is 5.75 Å². The Labute approximate surface area is 133 Å². The summed E-state index contributed by atoms with van der Waals surface area (Å²) in [5, 5.41) is 9.93. The van der Waals surface area contributed by atoms with Crippen molar-refractivity contribution >= 4 is 21.8 Å². The van der Waals surface area contributed by atoms with E-state index in [9.17, 15) is 9.90 Å². The van der Waals surface area contributed by atoms with Crippen molar-refractivity contribution < 1.29 is 9.90 Å². The summed E-state index contributed by atoms with van der Waals surface area (Å²) in [7, 11) is 0. The van der Waals surface area contributed by atoms with Crippen molar-refractivity contribution in [3.05, 3.63) is 64.1 Å². The van der Waals surface area contributed by atoms with Gasteiger partial charge in [-0.05, 0) is 37.6 Å². The predicted molar refractivity (Wildman–Crippen MR) is 87.3 cm³/mol. The Hall–Kier alpha value is -1.81. The Balaban J connectivity index is 2.30. The molecule has 0 aromatic heterocycles. The lowest BCUT2D eigenvalue weighted by molar-refractivity contribution is 0.0687. The van der Waals surface area contributed by atoms with Crippen LogP contribution in [0.3, 0.4) is 0 Å². The van der Waals surface area contributed by atoms with E-state index < -0.39 is 0 Å². The van der Waals surface area contributed by atoms with Gasteiger partial charge < -0.3 is 10.0 Å². The molecule has 0 radical (unpaired) electrons. The molecule has 0 atom stereocenters. The summed E-state index contributed by atoms with van der Waals surface area (Å²) in [5.74, 6) is -0.172. The normalized spacial score (nSPS) is 10.7. The first kappa shape index (κ1) is 15.6. The summed E-state index contributed by atoms with van der Waals surface area (Å²) >= 11 is 3.34. The zero-order valence-corrected chi connectivity index (χ0v) is 13.7. The van der Waals surface area contributed by atoms with Gasteiger partial charge in [-0.15, -0.1) is 0 Å². The van der Waals surface area contributed by atoms with E-state index in [1.807, 2.05) is 44.2 Å². The predicted octanol–water partition coefficient (Wildman–Crippen LogP) is 4.21. The van der Waals surface area contributed by atoms with E-state index in [1.54, 1.807) is 17.0 Å². The minimum Gasteiger partial charge on any atom is -0.507 e. The van der Waals surface area contributed by atoms with Gasteiger partial charge in [-0.2, -0.15) is 0 Å². The fraction of sp³-hybridized carbons (Fsp3) is 0.235. The van der Waals surface area contributed by atoms with E-state index in [1.165, 1.54) is 6.07 Å². The molecule has 1 amide bonds. The van der Waals surface area contributed by atoms with Crippen LogP contribution in [0.2, 0.25) is 0 Å². The standard InChI is InChI=1S/C17H18BrNO2/c1-12(2)19(11-13-6-4-3-5-7-13)17(21)15-10-14(18)8-9-16(15)20/h3-10,12,20H,11H2,1-2H3. The lowest BCUT2D eigenvalue weighted by Crippen LogP contribution is -2.36. The van der Waals surface area contributed by atoms with Crippen LogP contribution in [-0.4, -0.2) is 22.0 Å². The van der Waals surface area contributed by atoms with Crippen LogP contribution >= 0.6 is 15.9 Å². The first-order valence-corrected chi connectivity index (χ1v) is 7.61. The van der Waals surface area contributed by atoms with Crippen LogP contribution in [0.15, 0.2) is 53.0 Å². The molecule has 1 N–H and O–H groups in total. The molecule has 110 valence electrons. The third kappa shape index (κ3) is 3.85. The number of nitrogens with zero attached hydrogens (tertiary/aromatic N) is 1. The summed E-state index contributed by atoms with van der Waals surface area (Å²) in [6, 6.07) is 14.8. The monoisotopic (exact) mass is 347 g/mol. The molecule has 21 heavy (non-hydrogen) atoms. The van der Waals surface area contributed by atoms with Crippen molar-refractivity contribution in [2.24, 2.45) is 0 Å². The Morgan fingerprint density at radius 3 is 2.48 bits per heavy atom. The molecule has 0 aliphatic rings. The molecule has 0 fully saturated rings. The number of aromatic hydroxyl groups is 1. The van der Waals surface area contributed by atoms with Crippen LogP contribution in [0.25, 0.3) is 0 Å². The molecule has 0 unspecified atom stereocenters. The maximum Gasteiger partial charge on any atom is 0.258 e. The van der Waals surface area contributed by atoms with Crippen LogP contribution < -0.4 is 0 Å². The third-order valence-corrected chi connectivity index (χ3v) is 3.76. The van der Waals surface area contributed by atoms with Crippen LogP contribution in [0.1, 0.15) is 29.8 Å². The Morgan fingerprint density at radius 2 is 1.86 bits per heavy atom. The van der Waals surface area contributed by atoms with Crippen molar-refractivity contribution in [1.82, 2.24) is 4.90 Å². The van der Waals surface area contributed by atoms with Gasteiger partial charge in [-0.1, -0.05) is 46.3 Å². The zero-order chi connectivity index (χ0) is 15.4. The van der Waals surface area contributed by atoms with E-state index in [-0.39, 0.29) is 17.7 Å². The maximum atomic E-state index is 12.7. The minimum atomic E-state index is -0.173. The summed E-state index contributed by atoms with van der Waals surface area (Å²) in [6.45, 7) is 4.45. The highest BCUT2D eigenvalue weighted by atomic mass is 79.9. The number of benzene rings is 2. The number of carbonyl (C=O) groups is 1. The molecule has 0 bridgehead atoms. The highest BCUT2D eigenvalue weighted by Gasteiger charge is 2.21. The van der Waals surface area contributed by atoms with Crippen LogP contribution in [0.4, 0.5) is 0 Å². The number of phenolic OH excluding ortho intramolecular Hbond substituents is 1. The van der Waals surface area contributed by atoms with Gasteiger partial charge in [0.1, 0.15) is 5.75 Å². The minimum absolute atomic E-state index is 0.00177. The van der Waals surface area contributed by atoms with Gasteiger partial charge in [0.05, 0.1) is 5.56 Å². The molecule has 0 spiro atoms. The topological polar surface area (TPSA) is 40.5 Å². The van der Waals surface area contributed by atoms with Gasteiger partial charge >= 0.3 is 0 Å². The maximum absolute atomic E-state index is 12.7. The highest BCUT2D eigenvalue weighted by molar-refractivity contribution is 9.10. The molecular weight excluding hydrogens is 330 g/mol. The van der Waals surface area contributed by atoms with Crippen molar-refractivity contribution in [2.45, 2.75) is 26.4 Å². The smallest absolute Gasteiger partial charge is 0.258 e. The van der Waals surface area contributed by atoms with Gasteiger partial charge in [-0.25, -0.2) is 0 Å². The molecule has 0 saturated heterocycles. The average molecular weight is 348 g/mol. The molecule has 4 heteroatoms. The molecule has 0 aliphatic heterocycles. The number of phenols is 1. The second kappa shape index (κ2) is 6.76. The van der Waals surface area contributed by atoms with E-state index in [4.69, 9.17) is 0 Å². The number of rotatable bonds is 4. The molecule has 2 aromatic rings. The van der Waals surface area contributed by atoms with Crippen molar-refractivity contribution in [3.63, 3.8) is 0 Å². The second-order valence-corrected chi connectivity index (χ2v) is 6.09. The van der Waals surface area contributed by atoms with E-state index in [0.717, 1.165) is 10.0 Å². The van der Waals surface area contributed by atoms with Gasteiger partial charge in [-0.3, -0.25) is 4.79 Å². The Kier molecular flexibility index (Phi) is 5.02. The number of hydrogen-bond donors (Lipinski definition) is 1. The van der Waals surface area contributed by atoms with Gasteiger partial charge in [0.2, 0.25) is 0 Å². The average Bonchev–Trinajstić information content (AvgIpc) is 2.47. The lowest BCUT2D eigenvalue weighted by Gasteiger charge is -2.27. The molecule has 0 saturated carbocycles. The molecule has 2 rings (SSSR count). The second-order valence-electron chi connectivity index (χ2n) is 5.17. The van der Waals surface area contributed by atoms with Crippen LogP contribution in [0.5, 0.6) is 5.75 Å². The van der Waals surface area contributed by atoms with Crippen LogP contribution in [0, 0.1) is 0 Å². The number of hydrogen-bond acceptors (Lipinski definition) is 2. The largest absolute Gasteiger partial charge is 0.507 e. The zero-order valence-electron chi connectivity index (χ0n) is 12.1. The molecule has 3 nitrogen and oxygen atoms in total. The summed E-state index contributed by atoms with van der Waals surface area (Å²) in [4.78, 5) is 14.5. The van der Waals surface area contributed by atoms with Gasteiger partial charge in [0.25, 0.3) is 5.91 Å². The van der Waals surface area contributed by atoms with Crippen LogP contribution in [-0.2, 0) is 6.54 Å². The number of halogens is 1. The molecule has 0 heterocycles. The summed E-state index contributed by atoms with van der Waals surface area (Å²) in [6.07, 6.45) is 0. The number of amides is 1. The van der Waals surface area contributed by atoms with Crippen molar-refractivity contribution in [2.75, 3.05) is 0 Å². The lowest BCUT2D eigenvalue weighted by atomic mass is 10.1. The highest BCUT2D eigenvalue weighted by Crippen LogP contribution is 2.24. The van der Waals surface area contributed by atoms with E-state index in [0.29, 0.717) is 12.1 Å².